The smallest absolute Gasteiger partial charge is 0.223 e. The molecule has 0 bridgehead atoms. The molecule has 3 heterocycles. The van der Waals surface area contributed by atoms with Gasteiger partial charge in [0.2, 0.25) is 5.91 Å². The van der Waals surface area contributed by atoms with E-state index >= 15 is 0 Å². The molecule has 1 aliphatic rings. The van der Waals surface area contributed by atoms with Gasteiger partial charge < -0.3 is 9.88 Å². The highest BCUT2D eigenvalue weighted by Gasteiger charge is 2.23. The Morgan fingerprint density at radius 2 is 2.14 bits per heavy atom. The third-order valence-corrected chi connectivity index (χ3v) is 5.34. The molecule has 0 spiro atoms. The molecule has 112 valence electrons. The van der Waals surface area contributed by atoms with Crippen LogP contribution in [0.15, 0.2) is 41.8 Å². The molecule has 0 aliphatic carbocycles. The third kappa shape index (κ3) is 2.44. The second-order valence-electron chi connectivity index (χ2n) is 5.77. The zero-order valence-electron chi connectivity index (χ0n) is 12.3. The number of nitrogens with zero attached hydrogens (tertiary/aromatic N) is 1. The largest absolute Gasteiger partial charge is 0.357 e. The molecule has 1 amide bonds. The lowest BCUT2D eigenvalue weighted by Crippen LogP contribution is -2.35. The van der Waals surface area contributed by atoms with E-state index in [1.54, 1.807) is 11.3 Å². The van der Waals surface area contributed by atoms with Crippen molar-refractivity contribution < 1.29 is 4.79 Å². The summed E-state index contributed by atoms with van der Waals surface area (Å²) in [6.07, 6.45) is 2.41. The first-order valence-corrected chi connectivity index (χ1v) is 8.58. The van der Waals surface area contributed by atoms with Gasteiger partial charge in [0.15, 0.2) is 0 Å². The average Bonchev–Trinajstić information content (AvgIpc) is 3.19. The summed E-state index contributed by atoms with van der Waals surface area (Å²) in [5.74, 6) is 0.262. The van der Waals surface area contributed by atoms with Gasteiger partial charge in [-0.2, -0.15) is 0 Å². The van der Waals surface area contributed by atoms with E-state index in [2.05, 4.69) is 34.6 Å². The number of carbonyl (C=O) groups is 1. The fourth-order valence-electron chi connectivity index (χ4n) is 3.25. The van der Waals surface area contributed by atoms with E-state index in [1.807, 2.05) is 17.0 Å². The van der Waals surface area contributed by atoms with E-state index < -0.39 is 0 Å². The van der Waals surface area contributed by atoms with Crippen LogP contribution in [-0.2, 0) is 24.2 Å². The average molecular weight is 310 g/mol. The van der Waals surface area contributed by atoms with Gasteiger partial charge in [0.1, 0.15) is 0 Å². The molecular formula is C18H18N2OS. The molecule has 3 nitrogen and oxygen atoms in total. The molecular weight excluding hydrogens is 292 g/mol. The number of fused-ring (bicyclic) bond motifs is 3. The lowest BCUT2D eigenvalue weighted by Gasteiger charge is -2.27. The zero-order chi connectivity index (χ0) is 14.9. The van der Waals surface area contributed by atoms with Crippen molar-refractivity contribution in [2.45, 2.75) is 25.8 Å². The predicted octanol–water partition coefficient (Wildman–Crippen LogP) is 3.75. The maximum atomic E-state index is 12.4. The highest BCUT2D eigenvalue weighted by atomic mass is 32.1. The summed E-state index contributed by atoms with van der Waals surface area (Å²) in [4.78, 5) is 19.2. The molecule has 0 fully saturated rings. The molecule has 4 heteroatoms. The van der Waals surface area contributed by atoms with Crippen LogP contribution in [0.4, 0.5) is 0 Å². The molecule has 0 atom stereocenters. The molecule has 1 aromatic carbocycles. The Kier molecular flexibility index (Phi) is 3.47. The van der Waals surface area contributed by atoms with Gasteiger partial charge in [-0.3, -0.25) is 4.79 Å². The highest BCUT2D eigenvalue weighted by Crippen LogP contribution is 2.27. The second-order valence-corrected chi connectivity index (χ2v) is 6.80. The molecule has 0 saturated carbocycles. The second kappa shape index (κ2) is 5.61. The summed E-state index contributed by atoms with van der Waals surface area (Å²) < 4.78 is 0. The number of aryl methyl sites for hydroxylation is 1. The van der Waals surface area contributed by atoms with Crippen LogP contribution < -0.4 is 0 Å². The minimum absolute atomic E-state index is 0.262. The van der Waals surface area contributed by atoms with E-state index in [4.69, 9.17) is 0 Å². The van der Waals surface area contributed by atoms with Crippen LogP contribution in [0.1, 0.15) is 22.6 Å². The van der Waals surface area contributed by atoms with Gasteiger partial charge in [0.05, 0.1) is 6.54 Å². The minimum atomic E-state index is 0.262. The van der Waals surface area contributed by atoms with Crippen LogP contribution in [-0.4, -0.2) is 22.3 Å². The number of amides is 1. The van der Waals surface area contributed by atoms with Gasteiger partial charge in [-0.1, -0.05) is 24.3 Å². The molecule has 4 rings (SSSR count). The maximum absolute atomic E-state index is 12.4. The standard InChI is InChI=1S/C18H18N2OS/c21-18(8-7-13-4-3-11-22-13)20-10-9-15-14-5-1-2-6-16(14)19-17(15)12-20/h1-6,11,19H,7-10,12H2. The number of carbonyl (C=O) groups excluding carboxylic acids is 1. The van der Waals surface area contributed by atoms with E-state index in [0.717, 1.165) is 19.4 Å². The summed E-state index contributed by atoms with van der Waals surface area (Å²) in [6.45, 7) is 1.55. The number of rotatable bonds is 3. The van der Waals surface area contributed by atoms with Crippen LogP contribution in [0.2, 0.25) is 0 Å². The highest BCUT2D eigenvalue weighted by molar-refractivity contribution is 7.09. The molecule has 0 radical (unpaired) electrons. The summed E-state index contributed by atoms with van der Waals surface area (Å²) in [6, 6.07) is 12.5. The van der Waals surface area contributed by atoms with E-state index in [9.17, 15) is 4.79 Å². The lowest BCUT2D eigenvalue weighted by atomic mass is 10.0. The number of aromatic nitrogens is 1. The monoisotopic (exact) mass is 310 g/mol. The van der Waals surface area contributed by atoms with Crippen LogP contribution in [0.3, 0.4) is 0 Å². The summed E-state index contributed by atoms with van der Waals surface area (Å²) in [7, 11) is 0. The van der Waals surface area contributed by atoms with Crippen molar-refractivity contribution in [1.82, 2.24) is 9.88 Å². The minimum Gasteiger partial charge on any atom is -0.357 e. The van der Waals surface area contributed by atoms with Crippen molar-refractivity contribution in [2.24, 2.45) is 0 Å². The molecule has 22 heavy (non-hydrogen) atoms. The molecule has 0 unspecified atom stereocenters. The first kappa shape index (κ1) is 13.6. The SMILES string of the molecule is O=C(CCc1cccs1)N1CCc2c([nH]c3ccccc23)C1. The number of para-hydroxylation sites is 1. The van der Waals surface area contributed by atoms with E-state index in [1.165, 1.54) is 27.0 Å². The van der Waals surface area contributed by atoms with Crippen molar-refractivity contribution in [3.05, 3.63) is 57.9 Å². The van der Waals surface area contributed by atoms with Crippen molar-refractivity contribution in [1.29, 1.82) is 0 Å². The molecule has 2 aromatic heterocycles. The van der Waals surface area contributed by atoms with Crippen molar-refractivity contribution >= 4 is 28.1 Å². The Morgan fingerprint density at radius 1 is 1.23 bits per heavy atom. The topological polar surface area (TPSA) is 36.1 Å². The first-order valence-electron chi connectivity index (χ1n) is 7.70. The summed E-state index contributed by atoms with van der Waals surface area (Å²) in [5, 5.41) is 3.38. The van der Waals surface area contributed by atoms with Gasteiger partial charge >= 0.3 is 0 Å². The number of hydrogen-bond acceptors (Lipinski definition) is 2. The van der Waals surface area contributed by atoms with Crippen molar-refractivity contribution in [2.75, 3.05) is 6.54 Å². The number of hydrogen-bond donors (Lipinski definition) is 1. The van der Waals surface area contributed by atoms with E-state index in [0.29, 0.717) is 13.0 Å². The van der Waals surface area contributed by atoms with Crippen LogP contribution in [0.25, 0.3) is 10.9 Å². The molecule has 0 saturated heterocycles. The predicted molar refractivity (Wildman–Crippen MR) is 90.1 cm³/mol. The number of benzene rings is 1. The third-order valence-electron chi connectivity index (χ3n) is 4.40. The zero-order valence-corrected chi connectivity index (χ0v) is 13.2. The normalized spacial score (nSPS) is 14.3. The summed E-state index contributed by atoms with van der Waals surface area (Å²) >= 11 is 1.73. The maximum Gasteiger partial charge on any atom is 0.223 e. The fraction of sp³-hybridized carbons (Fsp3) is 0.278. The van der Waals surface area contributed by atoms with Gasteiger partial charge in [0.25, 0.3) is 0 Å². The Morgan fingerprint density at radius 3 is 3.00 bits per heavy atom. The number of thiophene rings is 1. The van der Waals surface area contributed by atoms with Gasteiger partial charge in [-0.15, -0.1) is 11.3 Å². The molecule has 1 aliphatic heterocycles. The van der Waals surface area contributed by atoms with Gasteiger partial charge in [0, 0.05) is 34.4 Å². The van der Waals surface area contributed by atoms with Crippen molar-refractivity contribution in [3.63, 3.8) is 0 Å². The molecule has 3 aromatic rings. The van der Waals surface area contributed by atoms with E-state index in [-0.39, 0.29) is 5.91 Å². The fourth-order valence-corrected chi connectivity index (χ4v) is 3.96. The quantitative estimate of drug-likeness (QED) is 0.786. The Labute approximate surface area is 133 Å². The lowest BCUT2D eigenvalue weighted by molar-refractivity contribution is -0.132. The Hall–Kier alpha value is -2.07. The van der Waals surface area contributed by atoms with Crippen LogP contribution in [0.5, 0.6) is 0 Å². The number of nitrogens with one attached hydrogen (secondary N) is 1. The van der Waals surface area contributed by atoms with Gasteiger partial charge in [-0.05, 0) is 35.9 Å². The Bertz CT molecular complexity index is 804. The van der Waals surface area contributed by atoms with Crippen LogP contribution in [0, 0.1) is 0 Å². The van der Waals surface area contributed by atoms with Gasteiger partial charge in [-0.25, -0.2) is 0 Å². The first-order chi connectivity index (χ1) is 10.8. The number of H-pyrrole nitrogens is 1. The Balaban J connectivity index is 1.48. The number of aromatic amines is 1. The van der Waals surface area contributed by atoms with Crippen LogP contribution >= 0.6 is 11.3 Å². The van der Waals surface area contributed by atoms with Crippen molar-refractivity contribution in [3.8, 4) is 0 Å². The molecule has 1 N–H and O–H groups in total. The summed E-state index contributed by atoms with van der Waals surface area (Å²) in [5.41, 5.74) is 3.77.